The first kappa shape index (κ1) is 16.0. The van der Waals surface area contributed by atoms with Gasteiger partial charge in [-0.15, -0.1) is 0 Å². The monoisotopic (exact) mass is 279 g/mol. The number of aliphatic hydroxyl groups excluding tert-OH is 2. The van der Waals surface area contributed by atoms with E-state index >= 15 is 0 Å². The third-order valence-corrected chi connectivity index (χ3v) is 2.72. The summed E-state index contributed by atoms with van der Waals surface area (Å²) in [6.45, 7) is 2.12. The van der Waals surface area contributed by atoms with Gasteiger partial charge in [0.2, 0.25) is 0 Å². The topological polar surface area (TPSA) is 116 Å². The van der Waals surface area contributed by atoms with E-state index in [1.54, 1.807) is 19.1 Å². The van der Waals surface area contributed by atoms with Gasteiger partial charge >= 0.3 is 5.97 Å². The van der Waals surface area contributed by atoms with Gasteiger partial charge in [0.05, 0.1) is 18.3 Å². The van der Waals surface area contributed by atoms with E-state index in [1.165, 1.54) is 12.1 Å². The van der Waals surface area contributed by atoms with Crippen molar-refractivity contribution in [2.45, 2.75) is 25.6 Å². The van der Waals surface area contributed by atoms with E-state index in [-0.39, 0.29) is 13.0 Å². The van der Waals surface area contributed by atoms with Crippen molar-refractivity contribution < 1.29 is 19.7 Å². The van der Waals surface area contributed by atoms with Crippen molar-refractivity contribution in [1.29, 1.82) is 0 Å². The summed E-state index contributed by atoms with van der Waals surface area (Å²) in [7, 11) is 0. The molecule has 0 radical (unpaired) electrons. The predicted molar refractivity (Wildman–Crippen MR) is 72.0 cm³/mol. The normalized spacial score (nSPS) is 13.2. The predicted octanol–water partition coefficient (Wildman–Crippen LogP) is 1.96. The van der Waals surface area contributed by atoms with E-state index in [2.05, 4.69) is 10.0 Å². The highest BCUT2D eigenvalue weighted by Gasteiger charge is 2.18. The maximum absolute atomic E-state index is 11.5. The number of aliphatic hydroxyl groups is 2. The van der Waals surface area contributed by atoms with Crippen LogP contribution in [0.2, 0.25) is 0 Å². The van der Waals surface area contributed by atoms with Crippen LogP contribution in [0.5, 0.6) is 0 Å². The molecule has 7 heteroatoms. The molecule has 0 fully saturated rings. The Morgan fingerprint density at radius 3 is 2.60 bits per heavy atom. The Bertz CT molecular complexity index is 483. The number of carbonyl (C=O) groups is 1. The van der Waals surface area contributed by atoms with E-state index in [0.29, 0.717) is 17.7 Å². The van der Waals surface area contributed by atoms with Gasteiger partial charge in [0.1, 0.15) is 6.10 Å². The number of carbonyl (C=O) groups excluding carboxylic acids is 1. The van der Waals surface area contributed by atoms with Crippen molar-refractivity contribution in [2.75, 3.05) is 13.2 Å². The maximum Gasteiger partial charge on any atom is 0.338 e. The lowest BCUT2D eigenvalue weighted by atomic mass is 10.0. The largest absolute Gasteiger partial charge is 0.462 e. The van der Waals surface area contributed by atoms with Crippen molar-refractivity contribution in [3.05, 3.63) is 45.8 Å². The van der Waals surface area contributed by atoms with Crippen LogP contribution < -0.4 is 0 Å². The molecule has 0 heterocycles. The Hall–Kier alpha value is -2.08. The highest BCUT2D eigenvalue weighted by Crippen LogP contribution is 2.19. The van der Waals surface area contributed by atoms with Crippen LogP contribution in [0.4, 0.5) is 0 Å². The van der Waals surface area contributed by atoms with Gasteiger partial charge < -0.3 is 14.9 Å². The molecular weight excluding hydrogens is 262 g/mol. The molecule has 0 aliphatic heterocycles. The molecule has 0 saturated carbocycles. The van der Waals surface area contributed by atoms with Gasteiger partial charge in [0.15, 0.2) is 0 Å². The molecule has 0 amide bonds. The van der Waals surface area contributed by atoms with Crippen LogP contribution in [-0.2, 0) is 4.74 Å². The molecule has 2 unspecified atom stereocenters. The summed E-state index contributed by atoms with van der Waals surface area (Å²) in [6, 6.07) is 6.15. The van der Waals surface area contributed by atoms with Gasteiger partial charge in [-0.25, -0.2) is 4.79 Å². The first-order valence-corrected chi connectivity index (χ1v) is 6.24. The number of hydrogen-bond acceptors (Lipinski definition) is 5. The molecule has 1 rings (SSSR count). The van der Waals surface area contributed by atoms with E-state index in [0.717, 1.165) is 0 Å². The molecule has 1 aromatic rings. The quantitative estimate of drug-likeness (QED) is 0.343. The Balaban J connectivity index is 2.67. The molecule has 0 aliphatic rings. The lowest BCUT2D eigenvalue weighted by Gasteiger charge is -2.17. The fraction of sp³-hybridized carbons (Fsp3) is 0.462. The van der Waals surface area contributed by atoms with Crippen molar-refractivity contribution in [2.24, 2.45) is 5.11 Å². The van der Waals surface area contributed by atoms with Gasteiger partial charge in [0.25, 0.3) is 0 Å². The summed E-state index contributed by atoms with van der Waals surface area (Å²) < 4.78 is 4.84. The first-order chi connectivity index (χ1) is 9.60. The Kier molecular flexibility index (Phi) is 6.52. The van der Waals surface area contributed by atoms with E-state index in [9.17, 15) is 15.0 Å². The fourth-order valence-corrected chi connectivity index (χ4v) is 1.65. The Labute approximate surface area is 116 Å². The molecule has 0 aliphatic carbocycles. The lowest BCUT2D eigenvalue weighted by molar-refractivity contribution is 0.0150. The summed E-state index contributed by atoms with van der Waals surface area (Å²) in [4.78, 5) is 14.0. The van der Waals surface area contributed by atoms with Crippen LogP contribution in [-0.4, -0.2) is 35.4 Å². The highest BCUT2D eigenvalue weighted by molar-refractivity contribution is 5.89. The van der Waals surface area contributed by atoms with E-state index in [4.69, 9.17) is 10.3 Å². The average molecular weight is 279 g/mol. The van der Waals surface area contributed by atoms with Crippen LogP contribution in [0, 0.1) is 0 Å². The van der Waals surface area contributed by atoms with Crippen molar-refractivity contribution >= 4 is 5.97 Å². The standard InChI is InChI=1S/C13H17N3O4/c1-2-20-13(19)10-5-3-9(4-6-10)12(18)11(17)7-8-15-16-14/h3-6,11-12,17-18H,2,7-8H2,1H3. The number of azide groups is 1. The number of esters is 1. The zero-order valence-corrected chi connectivity index (χ0v) is 11.1. The molecular formula is C13H17N3O4. The first-order valence-electron chi connectivity index (χ1n) is 6.24. The summed E-state index contributed by atoms with van der Waals surface area (Å²) >= 11 is 0. The molecule has 0 bridgehead atoms. The fourth-order valence-electron chi connectivity index (χ4n) is 1.65. The van der Waals surface area contributed by atoms with Crippen LogP contribution in [0.25, 0.3) is 10.4 Å². The molecule has 7 nitrogen and oxygen atoms in total. The molecule has 2 atom stereocenters. The van der Waals surface area contributed by atoms with Gasteiger partial charge in [0, 0.05) is 11.5 Å². The lowest BCUT2D eigenvalue weighted by Crippen LogP contribution is -2.19. The minimum Gasteiger partial charge on any atom is -0.462 e. The van der Waals surface area contributed by atoms with Crippen LogP contribution >= 0.6 is 0 Å². The zero-order valence-electron chi connectivity index (χ0n) is 11.1. The minimum atomic E-state index is -1.10. The molecule has 0 aromatic heterocycles. The van der Waals surface area contributed by atoms with Gasteiger partial charge in [-0.2, -0.15) is 0 Å². The second kappa shape index (κ2) is 8.16. The number of hydrogen-bond donors (Lipinski definition) is 2. The third-order valence-electron chi connectivity index (χ3n) is 2.72. The summed E-state index contributed by atoms with van der Waals surface area (Å²) in [5.74, 6) is -0.433. The maximum atomic E-state index is 11.5. The third kappa shape index (κ3) is 4.55. The molecule has 20 heavy (non-hydrogen) atoms. The van der Waals surface area contributed by atoms with Crippen LogP contribution in [0.15, 0.2) is 29.4 Å². The van der Waals surface area contributed by atoms with Gasteiger partial charge in [-0.1, -0.05) is 17.2 Å². The molecule has 0 spiro atoms. The molecule has 1 aromatic carbocycles. The van der Waals surface area contributed by atoms with Crippen molar-refractivity contribution in [3.63, 3.8) is 0 Å². The van der Waals surface area contributed by atoms with E-state index in [1.807, 2.05) is 0 Å². The zero-order chi connectivity index (χ0) is 15.0. The summed E-state index contributed by atoms with van der Waals surface area (Å²) in [6.07, 6.45) is -1.97. The van der Waals surface area contributed by atoms with Crippen LogP contribution in [0.3, 0.4) is 0 Å². The molecule has 2 N–H and O–H groups in total. The number of ether oxygens (including phenoxy) is 1. The number of nitrogens with zero attached hydrogens (tertiary/aromatic N) is 3. The Morgan fingerprint density at radius 1 is 1.40 bits per heavy atom. The summed E-state index contributed by atoms with van der Waals surface area (Å²) in [5, 5.41) is 22.9. The number of rotatable bonds is 7. The van der Waals surface area contributed by atoms with E-state index < -0.39 is 18.2 Å². The number of benzene rings is 1. The van der Waals surface area contributed by atoms with Crippen LogP contribution in [0.1, 0.15) is 35.4 Å². The average Bonchev–Trinajstić information content (AvgIpc) is 2.47. The van der Waals surface area contributed by atoms with Gasteiger partial charge in [-0.05, 0) is 36.6 Å². The van der Waals surface area contributed by atoms with Crippen molar-refractivity contribution in [1.82, 2.24) is 0 Å². The SMILES string of the molecule is CCOC(=O)c1ccc(C(O)C(O)CCN=[N+]=[N-])cc1. The second-order valence-electron chi connectivity index (χ2n) is 4.10. The minimum absolute atomic E-state index is 0.107. The van der Waals surface area contributed by atoms with Gasteiger partial charge in [-0.3, -0.25) is 0 Å². The second-order valence-corrected chi connectivity index (χ2v) is 4.10. The summed E-state index contributed by atoms with van der Waals surface area (Å²) in [5.41, 5.74) is 8.99. The smallest absolute Gasteiger partial charge is 0.338 e. The molecule has 108 valence electrons. The van der Waals surface area contributed by atoms with Crippen molar-refractivity contribution in [3.8, 4) is 0 Å². The highest BCUT2D eigenvalue weighted by atomic mass is 16.5. The Morgan fingerprint density at radius 2 is 2.05 bits per heavy atom. The molecule has 0 saturated heterocycles.